The molecule has 0 spiro atoms. The lowest BCUT2D eigenvalue weighted by Crippen LogP contribution is -2.39. The van der Waals surface area contributed by atoms with Crippen LogP contribution in [0.3, 0.4) is 0 Å². The molecule has 1 aliphatic heterocycles. The van der Waals surface area contributed by atoms with Gasteiger partial charge >= 0.3 is 0 Å². The average Bonchev–Trinajstić information content (AvgIpc) is 2.93. The summed E-state index contributed by atoms with van der Waals surface area (Å²) in [5.41, 5.74) is 4.23. The molecular weight excluding hydrogens is 436 g/mol. The highest BCUT2D eigenvalue weighted by Gasteiger charge is 2.22. The Balaban J connectivity index is 1.29. The Morgan fingerprint density at radius 1 is 0.857 bits per heavy atom. The van der Waals surface area contributed by atoms with E-state index in [4.69, 9.17) is 9.97 Å². The Kier molecular flexibility index (Phi) is 6.70. The molecule has 0 bridgehead atoms. The van der Waals surface area contributed by atoms with Gasteiger partial charge in [0.25, 0.3) is 5.91 Å². The smallest absolute Gasteiger partial charge is 0.251 e. The zero-order valence-corrected chi connectivity index (χ0v) is 19.5. The fraction of sp³-hybridized carbons (Fsp3) is 0.207. The summed E-state index contributed by atoms with van der Waals surface area (Å²) in [6.45, 7) is 2.42. The number of aromatic nitrogens is 2. The monoisotopic (exact) mass is 464 g/mol. The van der Waals surface area contributed by atoms with Crippen LogP contribution in [-0.4, -0.2) is 40.6 Å². The topological polar surface area (TPSA) is 78.4 Å². The summed E-state index contributed by atoms with van der Waals surface area (Å²) in [6, 6.07) is 26.5. The van der Waals surface area contributed by atoms with Crippen LogP contribution < -0.4 is 10.2 Å². The number of carbonyl (C=O) groups excluding carboxylic acids is 1. The SMILES string of the molecule is O=C(NCC1CCN(c2cnc(-c3ccc(O)cc3)c(-c3ccccc3)n2)CC1)c1ccccc1. The summed E-state index contributed by atoms with van der Waals surface area (Å²) in [6.07, 6.45) is 3.81. The second-order valence-electron chi connectivity index (χ2n) is 8.84. The van der Waals surface area contributed by atoms with Crippen molar-refractivity contribution in [2.45, 2.75) is 12.8 Å². The lowest BCUT2D eigenvalue weighted by Gasteiger charge is -2.33. The maximum Gasteiger partial charge on any atom is 0.251 e. The molecule has 1 fully saturated rings. The summed E-state index contributed by atoms with van der Waals surface area (Å²) >= 11 is 0. The molecule has 1 amide bonds. The van der Waals surface area contributed by atoms with E-state index in [1.54, 1.807) is 12.1 Å². The van der Waals surface area contributed by atoms with Gasteiger partial charge < -0.3 is 15.3 Å². The third kappa shape index (κ3) is 5.32. The fourth-order valence-electron chi connectivity index (χ4n) is 4.45. The Morgan fingerprint density at radius 3 is 2.17 bits per heavy atom. The van der Waals surface area contributed by atoms with Crippen LogP contribution in [0.25, 0.3) is 22.5 Å². The molecule has 1 aliphatic rings. The third-order valence-electron chi connectivity index (χ3n) is 6.47. The minimum absolute atomic E-state index is 0.0174. The number of piperidine rings is 1. The number of phenols is 1. The number of rotatable bonds is 6. The first-order chi connectivity index (χ1) is 17.2. The van der Waals surface area contributed by atoms with Gasteiger partial charge in [-0.05, 0) is 55.2 Å². The van der Waals surface area contributed by atoms with Crippen LogP contribution in [0.1, 0.15) is 23.2 Å². The van der Waals surface area contributed by atoms with Crippen LogP contribution in [0.2, 0.25) is 0 Å². The largest absolute Gasteiger partial charge is 0.508 e. The van der Waals surface area contributed by atoms with Crippen molar-refractivity contribution in [3.63, 3.8) is 0 Å². The molecule has 2 heterocycles. The van der Waals surface area contributed by atoms with Crippen molar-refractivity contribution >= 4 is 11.7 Å². The standard InChI is InChI=1S/C29H28N4O2/c34-25-13-11-23(12-14-25)27-28(22-7-3-1-4-8-22)32-26(20-30-27)33-17-15-21(16-18-33)19-31-29(35)24-9-5-2-6-10-24/h1-14,20-21,34H,15-19H2,(H,31,35). The molecule has 6 heteroatoms. The van der Waals surface area contributed by atoms with Gasteiger partial charge in [-0.1, -0.05) is 48.5 Å². The minimum atomic E-state index is -0.0174. The molecule has 0 radical (unpaired) electrons. The van der Waals surface area contributed by atoms with Gasteiger partial charge in [0.1, 0.15) is 11.6 Å². The first kappa shape index (κ1) is 22.6. The van der Waals surface area contributed by atoms with Crippen molar-refractivity contribution in [1.82, 2.24) is 15.3 Å². The zero-order chi connectivity index (χ0) is 24.0. The predicted octanol–water partition coefficient (Wildman–Crippen LogP) is 5.16. The second-order valence-corrected chi connectivity index (χ2v) is 8.84. The van der Waals surface area contributed by atoms with E-state index in [1.807, 2.05) is 79.0 Å². The van der Waals surface area contributed by atoms with E-state index in [-0.39, 0.29) is 11.7 Å². The number of benzene rings is 3. The molecule has 6 nitrogen and oxygen atoms in total. The molecule has 0 aliphatic carbocycles. The molecule has 0 atom stereocenters. The van der Waals surface area contributed by atoms with Crippen LogP contribution >= 0.6 is 0 Å². The highest BCUT2D eigenvalue weighted by molar-refractivity contribution is 5.94. The van der Waals surface area contributed by atoms with Gasteiger partial charge in [-0.2, -0.15) is 0 Å². The molecular formula is C29H28N4O2. The van der Waals surface area contributed by atoms with Gasteiger partial charge in [0.15, 0.2) is 0 Å². The van der Waals surface area contributed by atoms with Gasteiger partial charge in [-0.25, -0.2) is 4.98 Å². The number of hydrogen-bond donors (Lipinski definition) is 2. The Hall–Kier alpha value is -4.19. The van der Waals surface area contributed by atoms with Crippen LogP contribution in [0.4, 0.5) is 5.82 Å². The second kappa shape index (κ2) is 10.4. The molecule has 1 aromatic heterocycles. The van der Waals surface area contributed by atoms with Gasteiger partial charge in [0.05, 0.1) is 17.6 Å². The lowest BCUT2D eigenvalue weighted by atomic mass is 9.96. The van der Waals surface area contributed by atoms with E-state index in [9.17, 15) is 9.90 Å². The Labute approximate surface area is 205 Å². The van der Waals surface area contributed by atoms with Crippen molar-refractivity contribution < 1.29 is 9.90 Å². The predicted molar refractivity (Wildman–Crippen MR) is 138 cm³/mol. The number of phenolic OH excluding ortho intramolecular Hbond substituents is 1. The number of carbonyl (C=O) groups is 1. The number of hydrogen-bond acceptors (Lipinski definition) is 5. The van der Waals surface area contributed by atoms with E-state index >= 15 is 0 Å². The van der Waals surface area contributed by atoms with Crippen molar-refractivity contribution in [1.29, 1.82) is 0 Å². The molecule has 5 rings (SSSR count). The first-order valence-corrected chi connectivity index (χ1v) is 12.0. The first-order valence-electron chi connectivity index (χ1n) is 12.0. The van der Waals surface area contributed by atoms with Crippen molar-refractivity contribution in [3.8, 4) is 28.3 Å². The molecule has 0 saturated carbocycles. The van der Waals surface area contributed by atoms with Crippen LogP contribution in [0.15, 0.2) is 91.1 Å². The van der Waals surface area contributed by atoms with Crippen LogP contribution in [0.5, 0.6) is 5.75 Å². The van der Waals surface area contributed by atoms with Gasteiger partial charge in [0, 0.05) is 36.3 Å². The van der Waals surface area contributed by atoms with E-state index in [0.29, 0.717) is 18.0 Å². The summed E-state index contributed by atoms with van der Waals surface area (Å²) in [5.74, 6) is 1.51. The normalized spacial score (nSPS) is 14.0. The van der Waals surface area contributed by atoms with Crippen molar-refractivity contribution in [2.75, 3.05) is 24.5 Å². The quantitative estimate of drug-likeness (QED) is 0.412. The fourth-order valence-corrected chi connectivity index (χ4v) is 4.45. The maximum absolute atomic E-state index is 12.4. The van der Waals surface area contributed by atoms with E-state index in [0.717, 1.165) is 54.3 Å². The highest BCUT2D eigenvalue weighted by atomic mass is 16.3. The number of anilines is 1. The molecule has 176 valence electrons. The number of nitrogens with one attached hydrogen (secondary N) is 1. The number of amides is 1. The summed E-state index contributed by atoms with van der Waals surface area (Å²) in [7, 11) is 0. The summed E-state index contributed by atoms with van der Waals surface area (Å²) in [4.78, 5) is 24.5. The van der Waals surface area contributed by atoms with Crippen molar-refractivity contribution in [2.24, 2.45) is 5.92 Å². The number of aromatic hydroxyl groups is 1. The average molecular weight is 465 g/mol. The Morgan fingerprint density at radius 2 is 1.49 bits per heavy atom. The molecule has 35 heavy (non-hydrogen) atoms. The Bertz CT molecular complexity index is 1270. The molecule has 1 saturated heterocycles. The van der Waals surface area contributed by atoms with Gasteiger partial charge in [0.2, 0.25) is 0 Å². The van der Waals surface area contributed by atoms with Gasteiger partial charge in [-0.3, -0.25) is 9.78 Å². The molecule has 3 aromatic carbocycles. The van der Waals surface area contributed by atoms with Crippen molar-refractivity contribution in [3.05, 3.63) is 96.7 Å². The van der Waals surface area contributed by atoms with Crippen LogP contribution in [0, 0.1) is 5.92 Å². The van der Waals surface area contributed by atoms with E-state index < -0.39 is 0 Å². The highest BCUT2D eigenvalue weighted by Crippen LogP contribution is 2.32. The summed E-state index contributed by atoms with van der Waals surface area (Å²) < 4.78 is 0. The lowest BCUT2D eigenvalue weighted by molar-refractivity contribution is 0.0945. The van der Waals surface area contributed by atoms with Crippen LogP contribution in [-0.2, 0) is 0 Å². The minimum Gasteiger partial charge on any atom is -0.508 e. The van der Waals surface area contributed by atoms with E-state index in [2.05, 4.69) is 10.2 Å². The van der Waals surface area contributed by atoms with Gasteiger partial charge in [-0.15, -0.1) is 0 Å². The third-order valence-corrected chi connectivity index (χ3v) is 6.47. The molecule has 4 aromatic rings. The molecule has 0 unspecified atom stereocenters. The maximum atomic E-state index is 12.4. The molecule has 2 N–H and O–H groups in total. The summed E-state index contributed by atoms with van der Waals surface area (Å²) in [5, 5.41) is 12.8. The van der Waals surface area contributed by atoms with E-state index in [1.165, 1.54) is 0 Å². The zero-order valence-electron chi connectivity index (χ0n) is 19.5. The number of nitrogens with zero attached hydrogens (tertiary/aromatic N) is 3.